The summed E-state index contributed by atoms with van der Waals surface area (Å²) in [6.07, 6.45) is 2.23. The largest absolute Gasteiger partial charge is 0.505 e. The first-order valence-electron chi connectivity index (χ1n) is 6.47. The first kappa shape index (κ1) is 15.3. The number of guanidine groups is 1. The fraction of sp³-hybridized carbons (Fsp3) is 0.500. The fourth-order valence-corrected chi connectivity index (χ4v) is 1.73. The Balaban J connectivity index is 2.55. The van der Waals surface area contributed by atoms with E-state index in [4.69, 9.17) is 5.11 Å². The first-order valence-corrected chi connectivity index (χ1v) is 6.47. The molecule has 0 aromatic heterocycles. The van der Waals surface area contributed by atoms with Crippen molar-refractivity contribution < 1.29 is 9.50 Å². The first-order chi connectivity index (χ1) is 9.08. The van der Waals surface area contributed by atoms with Crippen LogP contribution in [0.2, 0.25) is 0 Å². The van der Waals surface area contributed by atoms with Crippen molar-refractivity contribution in [2.45, 2.75) is 26.3 Å². The zero-order chi connectivity index (χ0) is 14.3. The van der Waals surface area contributed by atoms with Gasteiger partial charge in [0.15, 0.2) is 17.5 Å². The molecule has 1 aromatic carbocycles. The third-order valence-corrected chi connectivity index (χ3v) is 2.88. The highest BCUT2D eigenvalue weighted by atomic mass is 19.1. The number of unbranched alkanes of at least 4 members (excludes halogenated alkanes) is 1. The molecular formula is C14H22FN3O. The van der Waals surface area contributed by atoms with Gasteiger partial charge in [0.25, 0.3) is 0 Å². The summed E-state index contributed by atoms with van der Waals surface area (Å²) < 4.78 is 13.2. The van der Waals surface area contributed by atoms with Crippen LogP contribution in [-0.2, 0) is 6.54 Å². The second kappa shape index (κ2) is 7.61. The van der Waals surface area contributed by atoms with Gasteiger partial charge in [0.05, 0.1) is 0 Å². The number of hydrogen-bond acceptors (Lipinski definition) is 2. The molecule has 1 rings (SSSR count). The van der Waals surface area contributed by atoms with Crippen molar-refractivity contribution >= 4 is 5.96 Å². The number of nitrogens with one attached hydrogen (secondary N) is 1. The normalized spacial score (nSPS) is 11.5. The van der Waals surface area contributed by atoms with Gasteiger partial charge in [-0.3, -0.25) is 4.99 Å². The summed E-state index contributed by atoms with van der Waals surface area (Å²) in [4.78, 5) is 6.23. The zero-order valence-electron chi connectivity index (χ0n) is 11.8. The molecule has 0 aliphatic rings. The minimum atomic E-state index is -0.603. The molecule has 0 amide bonds. The summed E-state index contributed by atoms with van der Waals surface area (Å²) in [6, 6.07) is 4.36. The lowest BCUT2D eigenvalue weighted by molar-refractivity contribution is 0.431. The lowest BCUT2D eigenvalue weighted by atomic mass is 10.2. The van der Waals surface area contributed by atoms with Gasteiger partial charge in [-0.05, 0) is 24.1 Å². The van der Waals surface area contributed by atoms with Crippen LogP contribution >= 0.6 is 0 Å². The van der Waals surface area contributed by atoms with Crippen LogP contribution < -0.4 is 5.32 Å². The van der Waals surface area contributed by atoms with Crippen LogP contribution in [-0.4, -0.2) is 36.6 Å². The Morgan fingerprint density at radius 1 is 1.47 bits per heavy atom. The Bertz CT molecular complexity index is 435. The number of phenols is 1. The summed E-state index contributed by atoms with van der Waals surface area (Å²) in [7, 11) is 3.70. The molecule has 0 saturated carbocycles. The molecule has 106 valence electrons. The van der Waals surface area contributed by atoms with Gasteiger partial charge in [0.2, 0.25) is 0 Å². The van der Waals surface area contributed by atoms with Gasteiger partial charge in [-0.25, -0.2) is 4.39 Å². The van der Waals surface area contributed by atoms with Crippen molar-refractivity contribution in [1.82, 2.24) is 10.2 Å². The number of aliphatic imine (C=N–C) groups is 1. The average molecular weight is 267 g/mol. The Labute approximate surface area is 114 Å². The molecular weight excluding hydrogens is 245 g/mol. The maximum absolute atomic E-state index is 13.2. The topological polar surface area (TPSA) is 47.9 Å². The number of nitrogens with zero attached hydrogens (tertiary/aromatic N) is 2. The molecule has 0 bridgehead atoms. The van der Waals surface area contributed by atoms with Crippen molar-refractivity contribution in [1.29, 1.82) is 0 Å². The van der Waals surface area contributed by atoms with Gasteiger partial charge < -0.3 is 15.3 Å². The Morgan fingerprint density at radius 3 is 2.79 bits per heavy atom. The minimum absolute atomic E-state index is 0.326. The van der Waals surface area contributed by atoms with E-state index in [1.165, 1.54) is 12.1 Å². The Morgan fingerprint density at radius 2 is 2.21 bits per heavy atom. The highest BCUT2D eigenvalue weighted by Crippen LogP contribution is 2.15. The van der Waals surface area contributed by atoms with E-state index in [1.807, 2.05) is 11.9 Å². The van der Waals surface area contributed by atoms with Crippen molar-refractivity contribution in [3.8, 4) is 5.75 Å². The van der Waals surface area contributed by atoms with E-state index in [2.05, 4.69) is 17.2 Å². The number of rotatable bonds is 5. The Kier molecular flexibility index (Phi) is 6.12. The highest BCUT2D eigenvalue weighted by molar-refractivity contribution is 5.79. The smallest absolute Gasteiger partial charge is 0.193 e. The quantitative estimate of drug-likeness (QED) is 0.636. The predicted molar refractivity (Wildman–Crippen MR) is 75.8 cm³/mol. The van der Waals surface area contributed by atoms with E-state index in [1.54, 1.807) is 13.1 Å². The molecule has 5 heteroatoms. The van der Waals surface area contributed by atoms with Crippen LogP contribution in [0, 0.1) is 5.82 Å². The standard InChI is InChI=1S/C14H22FN3O/c1-4-5-8-18(3)14(16-2)17-10-11-6-7-13(19)12(15)9-11/h6-7,9,19H,4-5,8,10H2,1-3H3,(H,16,17). The number of phenolic OH excluding ortho intramolecular Hbond substituents is 1. The molecule has 0 saturated heterocycles. The van der Waals surface area contributed by atoms with Crippen LogP contribution in [0.4, 0.5) is 4.39 Å². The molecule has 2 N–H and O–H groups in total. The van der Waals surface area contributed by atoms with E-state index in [9.17, 15) is 4.39 Å². The van der Waals surface area contributed by atoms with E-state index in [-0.39, 0.29) is 5.75 Å². The van der Waals surface area contributed by atoms with Gasteiger partial charge in [0, 0.05) is 27.2 Å². The number of hydrogen-bond donors (Lipinski definition) is 2. The second-order valence-electron chi connectivity index (χ2n) is 4.46. The molecule has 1 aromatic rings. The van der Waals surface area contributed by atoms with Crippen molar-refractivity contribution in [3.63, 3.8) is 0 Å². The van der Waals surface area contributed by atoms with E-state index < -0.39 is 5.82 Å². The monoisotopic (exact) mass is 267 g/mol. The molecule has 0 radical (unpaired) electrons. The van der Waals surface area contributed by atoms with Gasteiger partial charge >= 0.3 is 0 Å². The van der Waals surface area contributed by atoms with Crippen molar-refractivity contribution in [2.75, 3.05) is 20.6 Å². The van der Waals surface area contributed by atoms with E-state index in [0.29, 0.717) is 6.54 Å². The lowest BCUT2D eigenvalue weighted by Gasteiger charge is -2.21. The molecule has 0 aliphatic carbocycles. The minimum Gasteiger partial charge on any atom is -0.505 e. The van der Waals surface area contributed by atoms with Gasteiger partial charge in [-0.15, -0.1) is 0 Å². The van der Waals surface area contributed by atoms with E-state index >= 15 is 0 Å². The average Bonchev–Trinajstić information content (AvgIpc) is 2.41. The third-order valence-electron chi connectivity index (χ3n) is 2.88. The molecule has 0 atom stereocenters. The van der Waals surface area contributed by atoms with Crippen LogP contribution in [0.1, 0.15) is 25.3 Å². The van der Waals surface area contributed by atoms with Crippen LogP contribution in [0.3, 0.4) is 0 Å². The predicted octanol–water partition coefficient (Wildman–Crippen LogP) is 2.34. The summed E-state index contributed by atoms with van der Waals surface area (Å²) in [5.41, 5.74) is 0.764. The summed E-state index contributed by atoms with van der Waals surface area (Å²) in [5.74, 6) is -0.149. The Hall–Kier alpha value is -1.78. The molecule has 0 fully saturated rings. The molecule has 0 unspecified atom stereocenters. The third kappa shape index (κ3) is 4.77. The molecule has 19 heavy (non-hydrogen) atoms. The number of halogens is 1. The van der Waals surface area contributed by atoms with Crippen molar-refractivity contribution in [3.05, 3.63) is 29.6 Å². The summed E-state index contributed by atoms with van der Waals surface area (Å²) in [5, 5.41) is 12.3. The lowest BCUT2D eigenvalue weighted by Crippen LogP contribution is -2.38. The van der Waals surface area contributed by atoms with Crippen LogP contribution in [0.25, 0.3) is 0 Å². The molecule has 4 nitrogen and oxygen atoms in total. The van der Waals surface area contributed by atoms with Crippen LogP contribution in [0.15, 0.2) is 23.2 Å². The molecule has 0 spiro atoms. The van der Waals surface area contributed by atoms with Crippen molar-refractivity contribution in [2.24, 2.45) is 4.99 Å². The van der Waals surface area contributed by atoms with Crippen LogP contribution in [0.5, 0.6) is 5.75 Å². The summed E-state index contributed by atoms with van der Waals surface area (Å²) >= 11 is 0. The molecule has 0 aliphatic heterocycles. The summed E-state index contributed by atoms with van der Waals surface area (Å²) in [6.45, 7) is 3.55. The van der Waals surface area contributed by atoms with Gasteiger partial charge in [-0.1, -0.05) is 19.4 Å². The molecule has 0 heterocycles. The van der Waals surface area contributed by atoms with Gasteiger partial charge in [0.1, 0.15) is 0 Å². The fourth-order valence-electron chi connectivity index (χ4n) is 1.73. The SMILES string of the molecule is CCCCN(C)C(=NC)NCc1ccc(O)c(F)c1. The maximum Gasteiger partial charge on any atom is 0.193 e. The number of benzene rings is 1. The maximum atomic E-state index is 13.2. The zero-order valence-corrected chi connectivity index (χ0v) is 11.8. The second-order valence-corrected chi connectivity index (χ2v) is 4.46. The van der Waals surface area contributed by atoms with Gasteiger partial charge in [-0.2, -0.15) is 0 Å². The number of aromatic hydroxyl groups is 1. The van der Waals surface area contributed by atoms with E-state index in [0.717, 1.165) is 30.9 Å². The highest BCUT2D eigenvalue weighted by Gasteiger charge is 2.06.